The van der Waals surface area contributed by atoms with Crippen molar-refractivity contribution in [2.45, 2.75) is 32.2 Å². The predicted octanol–water partition coefficient (Wildman–Crippen LogP) is 4.71. The molecule has 0 N–H and O–H groups in total. The first-order valence-electron chi connectivity index (χ1n) is 12.0. The summed E-state index contributed by atoms with van der Waals surface area (Å²) in [5, 5.41) is 6.87. The van der Waals surface area contributed by atoms with E-state index in [0.717, 1.165) is 46.0 Å². The molecule has 0 aliphatic carbocycles. The summed E-state index contributed by atoms with van der Waals surface area (Å²) in [4.78, 5) is 25.7. The quantitative estimate of drug-likeness (QED) is 0.282. The number of benzene rings is 1. The first-order chi connectivity index (χ1) is 17.6. The highest BCUT2D eigenvalue weighted by Gasteiger charge is 2.21. The molecule has 0 bridgehead atoms. The van der Waals surface area contributed by atoms with E-state index in [4.69, 9.17) is 14.6 Å². The minimum absolute atomic E-state index is 0.157. The largest absolute Gasteiger partial charge is 0.481 e. The molecule has 0 saturated heterocycles. The Morgan fingerprint density at radius 2 is 1.92 bits per heavy atom. The zero-order valence-electron chi connectivity index (χ0n) is 20.3. The Hall–Kier alpha value is -4.33. The van der Waals surface area contributed by atoms with Crippen molar-refractivity contribution in [1.29, 1.82) is 0 Å². The number of methoxy groups -OCH3 is 1. The third-order valence-corrected chi connectivity index (χ3v) is 6.12. The van der Waals surface area contributed by atoms with Crippen molar-refractivity contribution in [2.24, 2.45) is 0 Å². The van der Waals surface area contributed by atoms with Crippen molar-refractivity contribution < 1.29 is 14.3 Å². The van der Waals surface area contributed by atoms with Crippen LogP contribution in [-0.4, -0.2) is 44.4 Å². The van der Waals surface area contributed by atoms with Crippen LogP contribution in [0.3, 0.4) is 0 Å². The van der Waals surface area contributed by atoms with Gasteiger partial charge in [-0.3, -0.25) is 9.48 Å². The summed E-state index contributed by atoms with van der Waals surface area (Å²) in [5.74, 6) is 0.233. The Morgan fingerprint density at radius 1 is 1.03 bits per heavy atom. The molecule has 36 heavy (non-hydrogen) atoms. The minimum atomic E-state index is -0.340. The van der Waals surface area contributed by atoms with E-state index >= 15 is 0 Å². The summed E-state index contributed by atoms with van der Waals surface area (Å²) in [6, 6.07) is 17.7. The van der Waals surface area contributed by atoms with E-state index in [9.17, 15) is 4.79 Å². The van der Waals surface area contributed by atoms with Crippen LogP contribution in [-0.2, 0) is 22.4 Å². The van der Waals surface area contributed by atoms with Gasteiger partial charge < -0.3 is 9.47 Å². The summed E-state index contributed by atoms with van der Waals surface area (Å²) in [5.41, 5.74) is 4.67. The normalized spacial score (nSPS) is 12.1. The number of esters is 1. The highest BCUT2D eigenvalue weighted by molar-refractivity contribution is 5.79. The number of pyridine rings is 3. The van der Waals surface area contributed by atoms with Crippen LogP contribution in [0.15, 0.2) is 73.2 Å². The first-order valence-corrected chi connectivity index (χ1v) is 12.0. The summed E-state index contributed by atoms with van der Waals surface area (Å²) in [7, 11) is 1.57. The number of hydrogen-bond donors (Lipinski definition) is 0. The number of aryl methyl sites for hydroxylation is 2. The molecule has 0 fully saturated rings. The van der Waals surface area contributed by atoms with Crippen molar-refractivity contribution in [3.63, 3.8) is 0 Å². The van der Waals surface area contributed by atoms with Gasteiger partial charge in [0.2, 0.25) is 5.88 Å². The number of fused-ring (bicyclic) bond motifs is 2. The number of ether oxygens (including phenoxy) is 2. The lowest BCUT2D eigenvalue weighted by Gasteiger charge is -2.17. The maximum Gasteiger partial charge on any atom is 0.308 e. The number of aromatic nitrogens is 5. The number of rotatable bonds is 9. The Morgan fingerprint density at radius 3 is 2.72 bits per heavy atom. The van der Waals surface area contributed by atoms with E-state index in [0.29, 0.717) is 12.5 Å². The summed E-state index contributed by atoms with van der Waals surface area (Å²) >= 11 is 0. The lowest BCUT2D eigenvalue weighted by molar-refractivity contribution is -0.143. The predicted molar refractivity (Wildman–Crippen MR) is 137 cm³/mol. The molecule has 0 amide bonds. The molecule has 0 aliphatic rings. The maximum absolute atomic E-state index is 12.4. The molecule has 5 rings (SSSR count). The molecule has 5 aromatic rings. The first kappa shape index (κ1) is 23.4. The fourth-order valence-corrected chi connectivity index (χ4v) is 4.25. The van der Waals surface area contributed by atoms with Crippen LogP contribution in [0.4, 0.5) is 0 Å². The number of nitrogens with zero attached hydrogens (tertiary/aromatic N) is 5. The lowest BCUT2D eigenvalue weighted by Crippen LogP contribution is -2.18. The van der Waals surface area contributed by atoms with Gasteiger partial charge in [0.25, 0.3) is 0 Å². The van der Waals surface area contributed by atoms with E-state index in [2.05, 4.69) is 45.3 Å². The standard InChI is InChI=1S/C28H27N5O3/c1-3-36-27(34)16-25(21-10-13-26(35-2)30-17-21)33-18-22-8-6-19(15-24(22)32-33)7-11-23-12-9-20-5-4-14-29-28(20)31-23/h4-6,8-10,12-15,17-18,25H,3,7,11,16H2,1-2H3/t25-/m0/s1. The minimum Gasteiger partial charge on any atom is -0.481 e. The fraction of sp³-hybridized carbons (Fsp3) is 0.250. The molecular weight excluding hydrogens is 454 g/mol. The molecule has 0 spiro atoms. The second kappa shape index (κ2) is 10.5. The Labute approximate surface area is 208 Å². The van der Waals surface area contributed by atoms with Gasteiger partial charge >= 0.3 is 5.97 Å². The number of carbonyl (C=O) groups excluding carboxylic acids is 1. The van der Waals surface area contributed by atoms with Crippen LogP contribution >= 0.6 is 0 Å². The van der Waals surface area contributed by atoms with Gasteiger partial charge in [0.1, 0.15) is 0 Å². The van der Waals surface area contributed by atoms with Crippen molar-refractivity contribution >= 4 is 27.9 Å². The third-order valence-electron chi connectivity index (χ3n) is 6.12. The van der Waals surface area contributed by atoms with Crippen molar-refractivity contribution in [2.75, 3.05) is 13.7 Å². The summed E-state index contributed by atoms with van der Waals surface area (Å²) in [6.45, 7) is 2.13. The van der Waals surface area contributed by atoms with E-state index in [1.807, 2.05) is 29.1 Å². The highest BCUT2D eigenvalue weighted by atomic mass is 16.5. The SMILES string of the molecule is CCOC(=O)C[C@@H](c1ccc(OC)nc1)n1cc2ccc(CCc3ccc4cccnc4n3)cc2n1. The van der Waals surface area contributed by atoms with Crippen LogP contribution in [0.1, 0.15) is 36.2 Å². The lowest BCUT2D eigenvalue weighted by atomic mass is 10.1. The molecule has 1 aromatic carbocycles. The molecule has 4 aromatic heterocycles. The molecule has 0 aliphatic heterocycles. The zero-order valence-corrected chi connectivity index (χ0v) is 20.3. The average molecular weight is 482 g/mol. The summed E-state index contributed by atoms with van der Waals surface area (Å²) in [6.07, 6.45) is 7.24. The molecule has 8 nitrogen and oxygen atoms in total. The third kappa shape index (κ3) is 5.17. The molecule has 8 heteroatoms. The number of carbonyl (C=O) groups is 1. The van der Waals surface area contributed by atoms with Crippen LogP contribution < -0.4 is 4.74 Å². The van der Waals surface area contributed by atoms with Crippen LogP contribution in [0.2, 0.25) is 0 Å². The molecule has 0 radical (unpaired) electrons. The number of hydrogen-bond acceptors (Lipinski definition) is 7. The van der Waals surface area contributed by atoms with Gasteiger partial charge in [0.05, 0.1) is 31.7 Å². The van der Waals surface area contributed by atoms with Gasteiger partial charge in [-0.15, -0.1) is 0 Å². The van der Waals surface area contributed by atoms with E-state index in [-0.39, 0.29) is 18.4 Å². The van der Waals surface area contributed by atoms with Gasteiger partial charge in [-0.05, 0) is 67.3 Å². The van der Waals surface area contributed by atoms with Crippen molar-refractivity contribution in [3.05, 3.63) is 90.0 Å². The van der Waals surface area contributed by atoms with E-state index in [1.165, 1.54) is 5.56 Å². The second-order valence-electron chi connectivity index (χ2n) is 8.51. The molecule has 182 valence electrons. The molecule has 1 atom stereocenters. The molecule has 0 saturated carbocycles. The fourth-order valence-electron chi connectivity index (χ4n) is 4.25. The average Bonchev–Trinajstić information content (AvgIpc) is 3.34. The van der Waals surface area contributed by atoms with Gasteiger partial charge in [0, 0.05) is 41.1 Å². The van der Waals surface area contributed by atoms with Gasteiger partial charge in [0.15, 0.2) is 5.65 Å². The molecule has 0 unspecified atom stereocenters. The van der Waals surface area contributed by atoms with E-state index in [1.54, 1.807) is 32.5 Å². The van der Waals surface area contributed by atoms with Crippen LogP contribution in [0, 0.1) is 0 Å². The van der Waals surface area contributed by atoms with Gasteiger partial charge in [-0.2, -0.15) is 5.10 Å². The van der Waals surface area contributed by atoms with Crippen molar-refractivity contribution in [3.8, 4) is 5.88 Å². The van der Waals surface area contributed by atoms with Crippen molar-refractivity contribution in [1.82, 2.24) is 24.7 Å². The maximum atomic E-state index is 12.4. The van der Waals surface area contributed by atoms with Crippen LogP contribution in [0.25, 0.3) is 21.9 Å². The second-order valence-corrected chi connectivity index (χ2v) is 8.51. The Kier molecular flexibility index (Phi) is 6.84. The zero-order chi connectivity index (χ0) is 24.9. The molecule has 4 heterocycles. The monoisotopic (exact) mass is 481 g/mol. The smallest absolute Gasteiger partial charge is 0.308 e. The summed E-state index contributed by atoms with van der Waals surface area (Å²) < 4.78 is 12.2. The highest BCUT2D eigenvalue weighted by Crippen LogP contribution is 2.26. The topological polar surface area (TPSA) is 92.0 Å². The van der Waals surface area contributed by atoms with E-state index < -0.39 is 0 Å². The van der Waals surface area contributed by atoms with Gasteiger partial charge in [-0.25, -0.2) is 15.0 Å². The van der Waals surface area contributed by atoms with Gasteiger partial charge in [-0.1, -0.05) is 12.1 Å². The van der Waals surface area contributed by atoms with Crippen LogP contribution in [0.5, 0.6) is 5.88 Å². The Bertz CT molecular complexity index is 1500. The molecular formula is C28H27N5O3. The Balaban J connectivity index is 1.38.